The maximum absolute atomic E-state index is 14.4. The fourth-order valence-electron chi connectivity index (χ4n) is 4.49. The highest BCUT2D eigenvalue weighted by atomic mass is 19.1. The van der Waals surface area contributed by atoms with Gasteiger partial charge < -0.3 is 10.2 Å². The van der Waals surface area contributed by atoms with Crippen LogP contribution in [0.2, 0.25) is 0 Å². The summed E-state index contributed by atoms with van der Waals surface area (Å²) >= 11 is 0. The zero-order valence-corrected chi connectivity index (χ0v) is 16.8. The number of nitrogens with zero attached hydrogens (tertiary/aromatic N) is 3. The molecule has 1 amide bonds. The molecule has 5 rings (SSSR count). The first-order valence-electron chi connectivity index (χ1n) is 10.0. The Morgan fingerprint density at radius 1 is 1.23 bits per heavy atom. The molecule has 7 heteroatoms. The Morgan fingerprint density at radius 2 is 2.03 bits per heavy atom. The van der Waals surface area contributed by atoms with Gasteiger partial charge in [-0.1, -0.05) is 18.2 Å². The van der Waals surface area contributed by atoms with Crippen molar-refractivity contribution in [2.24, 2.45) is 5.92 Å². The van der Waals surface area contributed by atoms with Crippen molar-refractivity contribution < 1.29 is 13.6 Å². The van der Waals surface area contributed by atoms with Crippen LogP contribution in [0.3, 0.4) is 0 Å². The van der Waals surface area contributed by atoms with Gasteiger partial charge in [0.1, 0.15) is 11.5 Å². The molecule has 1 saturated carbocycles. The van der Waals surface area contributed by atoms with E-state index in [1.807, 2.05) is 43.3 Å². The number of halogens is 2. The van der Waals surface area contributed by atoms with Crippen LogP contribution < -0.4 is 10.2 Å². The lowest BCUT2D eigenvalue weighted by Gasteiger charge is -2.17. The van der Waals surface area contributed by atoms with Crippen LogP contribution in [0.5, 0.6) is 0 Å². The van der Waals surface area contributed by atoms with E-state index in [2.05, 4.69) is 10.4 Å². The van der Waals surface area contributed by atoms with Gasteiger partial charge in [-0.05, 0) is 42.5 Å². The molecule has 0 spiro atoms. The monoisotopic (exact) mass is 408 g/mol. The van der Waals surface area contributed by atoms with Gasteiger partial charge in [0.25, 0.3) is 5.91 Å². The summed E-state index contributed by atoms with van der Waals surface area (Å²) in [5.41, 5.74) is 4.32. The average Bonchev–Trinajstić information content (AvgIpc) is 3.22. The highest BCUT2D eigenvalue weighted by Gasteiger charge is 2.50. The first kappa shape index (κ1) is 18.8. The summed E-state index contributed by atoms with van der Waals surface area (Å²) in [6.45, 7) is 0.368. The molecule has 2 aromatic carbocycles. The molecule has 30 heavy (non-hydrogen) atoms. The predicted octanol–water partition coefficient (Wildman–Crippen LogP) is 3.81. The maximum atomic E-state index is 14.4. The number of rotatable bonds is 5. The van der Waals surface area contributed by atoms with Crippen LogP contribution in [-0.4, -0.2) is 29.8 Å². The number of nitrogens with one attached hydrogen (secondary N) is 1. The van der Waals surface area contributed by atoms with Gasteiger partial charge in [-0.3, -0.25) is 4.79 Å². The zero-order chi connectivity index (χ0) is 21.0. The predicted molar refractivity (Wildman–Crippen MR) is 110 cm³/mol. The number of para-hydroxylation sites is 1. The third-order valence-corrected chi connectivity index (χ3v) is 6.03. The van der Waals surface area contributed by atoms with Crippen LogP contribution in [-0.2, 0) is 13.0 Å². The van der Waals surface area contributed by atoms with Crippen LogP contribution in [0.15, 0.2) is 42.5 Å². The molecule has 0 bridgehead atoms. The van der Waals surface area contributed by atoms with Crippen molar-refractivity contribution in [3.05, 3.63) is 76.6 Å². The fourth-order valence-corrected chi connectivity index (χ4v) is 4.49. The molecule has 5 nitrogen and oxygen atoms in total. The van der Waals surface area contributed by atoms with E-state index in [0.29, 0.717) is 24.1 Å². The molecule has 1 aromatic heterocycles. The van der Waals surface area contributed by atoms with Crippen molar-refractivity contribution >= 4 is 11.6 Å². The summed E-state index contributed by atoms with van der Waals surface area (Å²) in [4.78, 5) is 15.0. The Balaban J connectivity index is 1.46. The van der Waals surface area contributed by atoms with Crippen molar-refractivity contribution in [3.63, 3.8) is 0 Å². The van der Waals surface area contributed by atoms with Crippen molar-refractivity contribution in [2.45, 2.75) is 25.3 Å². The summed E-state index contributed by atoms with van der Waals surface area (Å²) < 4.78 is 29.3. The van der Waals surface area contributed by atoms with E-state index < -0.39 is 11.6 Å². The molecule has 2 aliphatic carbocycles. The molecular weight excluding hydrogens is 386 g/mol. The van der Waals surface area contributed by atoms with E-state index in [1.165, 1.54) is 16.8 Å². The van der Waals surface area contributed by atoms with E-state index in [1.54, 1.807) is 0 Å². The summed E-state index contributed by atoms with van der Waals surface area (Å²) in [5.74, 6) is -0.803. The minimum Gasteiger partial charge on any atom is -0.377 e. The first-order valence-corrected chi connectivity index (χ1v) is 10.0. The quantitative estimate of drug-likeness (QED) is 0.699. The number of benzene rings is 2. The molecule has 1 fully saturated rings. The third kappa shape index (κ3) is 3.05. The molecule has 2 atom stereocenters. The maximum Gasteiger partial charge on any atom is 0.272 e. The van der Waals surface area contributed by atoms with Gasteiger partial charge in [0.05, 0.1) is 5.69 Å². The second-order valence-corrected chi connectivity index (χ2v) is 8.23. The second kappa shape index (κ2) is 6.93. The van der Waals surface area contributed by atoms with Gasteiger partial charge in [0, 0.05) is 43.9 Å². The van der Waals surface area contributed by atoms with Gasteiger partial charge >= 0.3 is 0 Å². The summed E-state index contributed by atoms with van der Waals surface area (Å²) in [5, 5.41) is 7.43. The lowest BCUT2D eigenvalue weighted by molar-refractivity contribution is 0.0944. The second-order valence-electron chi connectivity index (χ2n) is 8.23. The number of carbonyl (C=O) groups excluding carboxylic acids is 1. The van der Waals surface area contributed by atoms with Crippen LogP contribution in [0.25, 0.3) is 5.69 Å². The molecule has 1 heterocycles. The highest BCUT2D eigenvalue weighted by Crippen LogP contribution is 2.57. The average molecular weight is 408 g/mol. The zero-order valence-electron chi connectivity index (χ0n) is 16.8. The number of anilines is 1. The molecule has 0 radical (unpaired) electrons. The third-order valence-electron chi connectivity index (χ3n) is 6.03. The van der Waals surface area contributed by atoms with Gasteiger partial charge in [-0.25, -0.2) is 13.5 Å². The van der Waals surface area contributed by atoms with E-state index >= 15 is 0 Å². The van der Waals surface area contributed by atoms with E-state index in [9.17, 15) is 13.6 Å². The minimum absolute atomic E-state index is 0.178. The van der Waals surface area contributed by atoms with Crippen molar-refractivity contribution in [1.82, 2.24) is 15.1 Å². The standard InChI is InChI=1S/C23H22F2N4O/c1-28(2)19-6-4-3-5-13(19)12-26-23(30)21-17-10-14-9-16(14)22(17)29(27-21)20-8-7-15(24)11-18(20)25/h3-8,11,14,16H,9-10,12H2,1-2H3,(H,26,30)/t14-,16-/m1/s1. The Labute approximate surface area is 173 Å². The Kier molecular flexibility index (Phi) is 4.34. The lowest BCUT2D eigenvalue weighted by atomic mass is 10.1. The van der Waals surface area contributed by atoms with Gasteiger partial charge in [-0.15, -0.1) is 0 Å². The van der Waals surface area contributed by atoms with Crippen molar-refractivity contribution in [2.75, 3.05) is 19.0 Å². The van der Waals surface area contributed by atoms with E-state index in [0.717, 1.165) is 41.4 Å². The van der Waals surface area contributed by atoms with Crippen molar-refractivity contribution in [1.29, 1.82) is 0 Å². The Morgan fingerprint density at radius 3 is 2.80 bits per heavy atom. The number of carbonyl (C=O) groups is 1. The van der Waals surface area contributed by atoms with Crippen molar-refractivity contribution in [3.8, 4) is 5.69 Å². The number of hydrogen-bond donors (Lipinski definition) is 1. The molecule has 2 aliphatic rings. The van der Waals surface area contributed by atoms with Gasteiger partial charge in [0.2, 0.25) is 0 Å². The fraction of sp³-hybridized carbons (Fsp3) is 0.304. The number of fused-ring (bicyclic) bond motifs is 3. The molecule has 3 aromatic rings. The lowest BCUT2D eigenvalue weighted by Crippen LogP contribution is -2.25. The number of amides is 1. The first-order chi connectivity index (χ1) is 14.4. The minimum atomic E-state index is -0.684. The van der Waals surface area contributed by atoms with Crippen LogP contribution >= 0.6 is 0 Å². The number of hydrogen-bond acceptors (Lipinski definition) is 3. The Hall–Kier alpha value is -3.22. The normalized spacial score (nSPS) is 18.7. The smallest absolute Gasteiger partial charge is 0.272 e. The molecule has 1 N–H and O–H groups in total. The largest absolute Gasteiger partial charge is 0.377 e. The Bertz CT molecular complexity index is 1150. The number of aromatic nitrogens is 2. The van der Waals surface area contributed by atoms with E-state index in [4.69, 9.17) is 0 Å². The van der Waals surface area contributed by atoms with Gasteiger partial charge in [0.15, 0.2) is 11.5 Å². The topological polar surface area (TPSA) is 50.2 Å². The molecular formula is C23H22F2N4O. The van der Waals surface area contributed by atoms with Crippen LogP contribution in [0.1, 0.15) is 39.6 Å². The van der Waals surface area contributed by atoms with E-state index in [-0.39, 0.29) is 11.6 Å². The summed E-state index contributed by atoms with van der Waals surface area (Å²) in [6, 6.07) is 11.3. The highest BCUT2D eigenvalue weighted by molar-refractivity contribution is 5.94. The summed E-state index contributed by atoms with van der Waals surface area (Å²) in [7, 11) is 3.91. The molecule has 154 valence electrons. The van der Waals surface area contributed by atoms with Crippen LogP contribution in [0.4, 0.5) is 14.5 Å². The SMILES string of the molecule is CN(C)c1ccccc1CNC(=O)c1nn(-c2ccc(F)cc2F)c2c1C[C@H]1C[C@@H]21. The van der Waals surface area contributed by atoms with Gasteiger partial charge in [-0.2, -0.15) is 5.10 Å². The molecule has 0 saturated heterocycles. The molecule has 0 aliphatic heterocycles. The summed E-state index contributed by atoms with van der Waals surface area (Å²) in [6.07, 6.45) is 1.80. The molecule has 0 unspecified atom stereocenters. The van der Waals surface area contributed by atoms with Crippen LogP contribution in [0, 0.1) is 17.6 Å².